The first-order chi connectivity index (χ1) is 16.4. The Hall–Kier alpha value is -3.98. The Bertz CT molecular complexity index is 1300. The first kappa shape index (κ1) is 23.2. The van der Waals surface area contributed by atoms with Crippen molar-refractivity contribution < 1.29 is 9.72 Å². The van der Waals surface area contributed by atoms with E-state index < -0.39 is 4.92 Å². The van der Waals surface area contributed by atoms with E-state index in [4.69, 9.17) is 0 Å². The average molecular weight is 474 g/mol. The van der Waals surface area contributed by atoms with Crippen molar-refractivity contribution in [2.24, 2.45) is 0 Å². The van der Waals surface area contributed by atoms with E-state index in [2.05, 4.69) is 15.4 Å². The molecule has 0 saturated heterocycles. The number of rotatable bonds is 8. The summed E-state index contributed by atoms with van der Waals surface area (Å²) in [4.78, 5) is 28.7. The molecular weight excluding hydrogens is 450 g/mol. The second kappa shape index (κ2) is 10.3. The fourth-order valence-corrected chi connectivity index (χ4v) is 4.36. The lowest BCUT2D eigenvalue weighted by Gasteiger charge is -2.08. The van der Waals surface area contributed by atoms with E-state index in [0.717, 1.165) is 27.5 Å². The molecule has 0 aliphatic rings. The molecule has 172 valence electrons. The Kier molecular flexibility index (Phi) is 7.03. The average Bonchev–Trinajstić information content (AvgIpc) is 3.12. The Morgan fingerprint density at radius 1 is 1.06 bits per heavy atom. The van der Waals surface area contributed by atoms with Crippen LogP contribution in [0.15, 0.2) is 78.0 Å². The van der Waals surface area contributed by atoms with Gasteiger partial charge in [0.05, 0.1) is 11.5 Å². The van der Waals surface area contributed by atoms with Crippen molar-refractivity contribution >= 4 is 29.0 Å². The quantitative estimate of drug-likeness (QED) is 0.209. The van der Waals surface area contributed by atoms with Gasteiger partial charge in [-0.25, -0.2) is 0 Å². The number of nitrogens with one attached hydrogen (secondary N) is 1. The highest BCUT2D eigenvalue weighted by Gasteiger charge is 2.21. The molecule has 1 amide bonds. The third-order valence-electron chi connectivity index (χ3n) is 5.31. The Labute approximate surface area is 201 Å². The predicted molar refractivity (Wildman–Crippen MR) is 132 cm³/mol. The molecule has 0 unspecified atom stereocenters. The third kappa shape index (κ3) is 5.49. The predicted octanol–water partition coefficient (Wildman–Crippen LogP) is 5.40. The van der Waals surface area contributed by atoms with Crippen LogP contribution in [-0.2, 0) is 12.3 Å². The number of anilines is 1. The molecule has 4 aromatic rings. The van der Waals surface area contributed by atoms with Gasteiger partial charge in [0, 0.05) is 34.3 Å². The van der Waals surface area contributed by atoms with Crippen molar-refractivity contribution in [3.8, 4) is 0 Å². The summed E-state index contributed by atoms with van der Waals surface area (Å²) in [5.41, 5.74) is 4.23. The molecule has 34 heavy (non-hydrogen) atoms. The van der Waals surface area contributed by atoms with Crippen molar-refractivity contribution in [2.45, 2.75) is 31.0 Å². The van der Waals surface area contributed by atoms with Gasteiger partial charge in [0.15, 0.2) is 0 Å². The van der Waals surface area contributed by atoms with Gasteiger partial charge in [0.2, 0.25) is 0 Å². The third-order valence-corrected chi connectivity index (χ3v) is 6.40. The number of carbonyl (C=O) groups excluding carboxylic acids is 1. The van der Waals surface area contributed by atoms with Crippen molar-refractivity contribution in [3.63, 3.8) is 0 Å². The van der Waals surface area contributed by atoms with Gasteiger partial charge in [-0.3, -0.25) is 24.6 Å². The number of thioether (sulfide) groups is 1. The van der Waals surface area contributed by atoms with Crippen LogP contribution in [0, 0.1) is 24.0 Å². The zero-order chi connectivity index (χ0) is 24.1. The van der Waals surface area contributed by atoms with Gasteiger partial charge in [-0.15, -0.1) is 11.8 Å². The van der Waals surface area contributed by atoms with Crippen LogP contribution in [0.3, 0.4) is 0 Å². The lowest BCUT2D eigenvalue weighted by molar-refractivity contribution is -0.386. The Balaban J connectivity index is 1.35. The molecule has 1 N–H and O–H groups in total. The van der Waals surface area contributed by atoms with Crippen LogP contribution in [0.2, 0.25) is 0 Å². The highest BCUT2D eigenvalue weighted by atomic mass is 32.2. The molecule has 0 spiro atoms. The molecule has 8 nitrogen and oxygen atoms in total. The van der Waals surface area contributed by atoms with Crippen LogP contribution in [-0.4, -0.2) is 25.6 Å². The number of amides is 1. The zero-order valence-corrected chi connectivity index (χ0v) is 19.6. The van der Waals surface area contributed by atoms with E-state index in [0.29, 0.717) is 23.5 Å². The summed E-state index contributed by atoms with van der Waals surface area (Å²) in [5.74, 6) is 0.626. The van der Waals surface area contributed by atoms with Crippen LogP contribution < -0.4 is 5.32 Å². The van der Waals surface area contributed by atoms with Gasteiger partial charge in [-0.2, -0.15) is 5.10 Å². The lowest BCUT2D eigenvalue weighted by atomic mass is 10.1. The largest absolute Gasteiger partial charge is 0.322 e. The summed E-state index contributed by atoms with van der Waals surface area (Å²) in [5, 5.41) is 18.4. The number of nitro groups is 1. The molecule has 0 bridgehead atoms. The SMILES string of the molecule is Cc1nn(Cc2ccc(C(=O)Nc3ccc(SCc4cccnc4)cc3)cc2)c(C)c1[N+](=O)[O-]. The second-order valence-corrected chi connectivity index (χ2v) is 8.81. The van der Waals surface area contributed by atoms with Gasteiger partial charge in [-0.1, -0.05) is 18.2 Å². The minimum atomic E-state index is -0.409. The number of benzene rings is 2. The molecular formula is C25H23N5O3S. The minimum absolute atomic E-state index is 0.0393. The normalized spacial score (nSPS) is 10.8. The molecule has 0 fully saturated rings. The molecule has 2 aromatic heterocycles. The van der Waals surface area contributed by atoms with Gasteiger partial charge < -0.3 is 5.32 Å². The topological polar surface area (TPSA) is 103 Å². The van der Waals surface area contributed by atoms with Crippen molar-refractivity contribution in [3.05, 3.63) is 111 Å². The maximum absolute atomic E-state index is 12.6. The van der Waals surface area contributed by atoms with Gasteiger partial charge >= 0.3 is 5.69 Å². The Morgan fingerprint density at radius 3 is 2.41 bits per heavy atom. The van der Waals surface area contributed by atoms with Gasteiger partial charge in [0.25, 0.3) is 5.91 Å². The number of hydrogen-bond acceptors (Lipinski definition) is 6. The summed E-state index contributed by atoms with van der Waals surface area (Å²) in [6.45, 7) is 3.70. The number of aryl methyl sites for hydroxylation is 1. The Morgan fingerprint density at radius 2 is 1.79 bits per heavy atom. The number of carbonyl (C=O) groups is 1. The van der Waals surface area contributed by atoms with Gasteiger partial charge in [-0.05, 0) is 67.4 Å². The van der Waals surface area contributed by atoms with E-state index >= 15 is 0 Å². The van der Waals surface area contributed by atoms with E-state index in [1.807, 2.05) is 54.7 Å². The number of pyridine rings is 1. The minimum Gasteiger partial charge on any atom is -0.322 e. The first-order valence-electron chi connectivity index (χ1n) is 10.6. The second-order valence-electron chi connectivity index (χ2n) is 7.76. The lowest BCUT2D eigenvalue weighted by Crippen LogP contribution is -2.12. The van der Waals surface area contributed by atoms with Crippen LogP contribution in [0.25, 0.3) is 0 Å². The van der Waals surface area contributed by atoms with E-state index in [1.165, 1.54) is 0 Å². The highest BCUT2D eigenvalue weighted by molar-refractivity contribution is 7.98. The summed E-state index contributed by atoms with van der Waals surface area (Å²) < 4.78 is 1.61. The molecule has 0 atom stereocenters. The van der Waals surface area contributed by atoms with E-state index in [9.17, 15) is 14.9 Å². The summed E-state index contributed by atoms with van der Waals surface area (Å²) in [6, 6.07) is 18.8. The molecule has 0 saturated carbocycles. The van der Waals surface area contributed by atoms with Crippen LogP contribution in [0.5, 0.6) is 0 Å². The summed E-state index contributed by atoms with van der Waals surface area (Å²) in [7, 11) is 0. The summed E-state index contributed by atoms with van der Waals surface area (Å²) >= 11 is 1.71. The fraction of sp³-hybridized carbons (Fsp3) is 0.160. The van der Waals surface area contributed by atoms with Gasteiger partial charge in [0.1, 0.15) is 11.4 Å². The number of aromatic nitrogens is 3. The standard InChI is InChI=1S/C25H23N5O3S/c1-17-24(30(32)33)18(2)29(28-17)15-19-5-7-21(8-6-19)25(31)27-22-9-11-23(12-10-22)34-16-20-4-3-13-26-14-20/h3-14H,15-16H2,1-2H3,(H,27,31). The highest BCUT2D eigenvalue weighted by Crippen LogP contribution is 2.25. The van der Waals surface area contributed by atoms with E-state index in [-0.39, 0.29) is 11.6 Å². The summed E-state index contributed by atoms with van der Waals surface area (Å²) in [6.07, 6.45) is 3.61. The van der Waals surface area contributed by atoms with Crippen LogP contribution in [0.4, 0.5) is 11.4 Å². The molecule has 0 aliphatic carbocycles. The van der Waals surface area contributed by atoms with Crippen molar-refractivity contribution in [1.82, 2.24) is 14.8 Å². The van der Waals surface area contributed by atoms with E-state index in [1.54, 1.807) is 48.6 Å². The van der Waals surface area contributed by atoms with Crippen LogP contribution >= 0.6 is 11.8 Å². The molecule has 9 heteroatoms. The smallest absolute Gasteiger partial charge is 0.312 e. The molecule has 0 radical (unpaired) electrons. The van der Waals surface area contributed by atoms with Crippen molar-refractivity contribution in [2.75, 3.05) is 5.32 Å². The molecule has 2 aromatic carbocycles. The number of hydrogen-bond donors (Lipinski definition) is 1. The van der Waals surface area contributed by atoms with Crippen LogP contribution in [0.1, 0.15) is 32.9 Å². The maximum atomic E-state index is 12.6. The maximum Gasteiger partial charge on any atom is 0.312 e. The number of nitrogens with zero attached hydrogens (tertiary/aromatic N) is 4. The molecule has 0 aliphatic heterocycles. The molecule has 4 rings (SSSR count). The zero-order valence-electron chi connectivity index (χ0n) is 18.8. The fourth-order valence-electron chi connectivity index (χ4n) is 3.53. The molecule has 2 heterocycles. The first-order valence-corrected chi connectivity index (χ1v) is 11.6. The van der Waals surface area contributed by atoms with Crippen molar-refractivity contribution in [1.29, 1.82) is 0 Å². The monoisotopic (exact) mass is 473 g/mol.